The molecule has 2 nitrogen and oxygen atoms in total. The number of hydrogen-bond acceptors (Lipinski definition) is 2. The highest BCUT2D eigenvalue weighted by Gasteiger charge is 2.15. The number of halogens is 3. The van der Waals surface area contributed by atoms with E-state index in [0.29, 0.717) is 5.69 Å². The summed E-state index contributed by atoms with van der Waals surface area (Å²) in [6, 6.07) is 8.22. The quantitative estimate of drug-likeness (QED) is 0.799. The van der Waals surface area contributed by atoms with E-state index in [9.17, 15) is 8.78 Å². The summed E-state index contributed by atoms with van der Waals surface area (Å²) < 4.78 is 28.7. The first kappa shape index (κ1) is 14.9. The van der Waals surface area contributed by atoms with Crippen LogP contribution in [0.25, 0.3) is 0 Å². The number of rotatable bonds is 3. The van der Waals surface area contributed by atoms with Gasteiger partial charge in [-0.05, 0) is 36.8 Å². The molecule has 0 radical (unpaired) electrons. The van der Waals surface area contributed by atoms with E-state index >= 15 is 0 Å². The highest BCUT2D eigenvalue weighted by Crippen LogP contribution is 2.29. The van der Waals surface area contributed by atoms with E-state index < -0.39 is 11.6 Å². The molecule has 0 spiro atoms. The molecule has 3 N–H and O–H groups in total. The summed E-state index contributed by atoms with van der Waals surface area (Å²) in [5, 5.41) is 2.86. The van der Waals surface area contributed by atoms with Gasteiger partial charge in [-0.2, -0.15) is 0 Å². The molecule has 0 bridgehead atoms. The lowest BCUT2D eigenvalue weighted by atomic mass is 10.1. The topological polar surface area (TPSA) is 38.0 Å². The van der Waals surface area contributed by atoms with Crippen molar-refractivity contribution in [3.63, 3.8) is 0 Å². The fraction of sp³-hybridized carbons (Fsp3) is 0.0714. The minimum absolute atomic E-state index is 0.0312. The molecular weight excluding hydrogens is 346 g/mol. The standard InChI is InChI=1S/C14H11BrF2N2S/c1-7-9(15)3-2-4-10(7)19-11-6-5-8(14(18)20)12(16)13(11)17/h2-6,19H,1H3,(H2,18,20). The van der Waals surface area contributed by atoms with Crippen LogP contribution in [0.2, 0.25) is 0 Å². The Hall–Kier alpha value is -1.53. The molecule has 0 saturated heterocycles. The Labute approximate surface area is 129 Å². The second-order valence-corrected chi connectivity index (χ2v) is 5.48. The average molecular weight is 357 g/mol. The molecule has 0 fully saturated rings. The van der Waals surface area contributed by atoms with Crippen molar-refractivity contribution in [1.29, 1.82) is 0 Å². The van der Waals surface area contributed by atoms with Crippen LogP contribution in [0.5, 0.6) is 0 Å². The molecule has 0 atom stereocenters. The Morgan fingerprint density at radius 1 is 1.15 bits per heavy atom. The van der Waals surface area contributed by atoms with Gasteiger partial charge in [0.05, 0.1) is 5.69 Å². The van der Waals surface area contributed by atoms with Crippen LogP contribution >= 0.6 is 28.1 Å². The molecule has 0 aliphatic rings. The van der Waals surface area contributed by atoms with Crippen LogP contribution in [0.4, 0.5) is 20.2 Å². The zero-order chi connectivity index (χ0) is 14.9. The molecule has 0 heterocycles. The molecule has 2 aromatic rings. The number of hydrogen-bond donors (Lipinski definition) is 2. The normalized spacial score (nSPS) is 10.4. The van der Waals surface area contributed by atoms with Gasteiger partial charge in [-0.15, -0.1) is 0 Å². The first-order valence-corrected chi connectivity index (χ1v) is 6.92. The lowest BCUT2D eigenvalue weighted by Crippen LogP contribution is -2.13. The smallest absolute Gasteiger partial charge is 0.182 e. The Morgan fingerprint density at radius 2 is 1.85 bits per heavy atom. The number of nitrogens with two attached hydrogens (primary N) is 1. The lowest BCUT2D eigenvalue weighted by Gasteiger charge is -2.13. The molecule has 20 heavy (non-hydrogen) atoms. The summed E-state index contributed by atoms with van der Waals surface area (Å²) in [5.74, 6) is -2.05. The van der Waals surface area contributed by atoms with Gasteiger partial charge in [0, 0.05) is 15.7 Å². The monoisotopic (exact) mass is 356 g/mol. The molecule has 0 aliphatic carbocycles. The maximum absolute atomic E-state index is 14.0. The van der Waals surface area contributed by atoms with Gasteiger partial charge in [0.2, 0.25) is 0 Å². The van der Waals surface area contributed by atoms with Crippen LogP contribution < -0.4 is 11.1 Å². The van der Waals surface area contributed by atoms with Crippen molar-refractivity contribution in [3.8, 4) is 0 Å². The van der Waals surface area contributed by atoms with E-state index in [-0.39, 0.29) is 16.2 Å². The van der Waals surface area contributed by atoms with Gasteiger partial charge in [-0.25, -0.2) is 8.78 Å². The van der Waals surface area contributed by atoms with Gasteiger partial charge in [-0.1, -0.05) is 34.2 Å². The Balaban J connectivity index is 2.42. The lowest BCUT2D eigenvalue weighted by molar-refractivity contribution is 0.510. The third kappa shape index (κ3) is 2.81. The van der Waals surface area contributed by atoms with Gasteiger partial charge in [0.15, 0.2) is 11.6 Å². The van der Waals surface area contributed by atoms with Crippen LogP contribution in [0.3, 0.4) is 0 Å². The largest absolute Gasteiger partial charge is 0.389 e. The van der Waals surface area contributed by atoms with Gasteiger partial charge in [0.1, 0.15) is 4.99 Å². The van der Waals surface area contributed by atoms with Crippen LogP contribution in [0.15, 0.2) is 34.8 Å². The Bertz CT molecular complexity index is 689. The first-order valence-electron chi connectivity index (χ1n) is 5.71. The minimum atomic E-state index is -1.05. The predicted molar refractivity (Wildman–Crippen MR) is 84.4 cm³/mol. The highest BCUT2D eigenvalue weighted by atomic mass is 79.9. The summed E-state index contributed by atoms with van der Waals surface area (Å²) in [4.78, 5) is -0.174. The molecule has 0 amide bonds. The van der Waals surface area contributed by atoms with E-state index in [1.54, 1.807) is 12.1 Å². The molecule has 0 saturated carbocycles. The maximum atomic E-state index is 14.0. The molecule has 0 aromatic heterocycles. The number of benzene rings is 2. The molecule has 2 rings (SSSR count). The summed E-state index contributed by atoms with van der Waals surface area (Å²) in [6.07, 6.45) is 0. The summed E-state index contributed by atoms with van der Waals surface area (Å²) in [6.45, 7) is 1.87. The van der Waals surface area contributed by atoms with Gasteiger partial charge >= 0.3 is 0 Å². The molecule has 104 valence electrons. The fourth-order valence-electron chi connectivity index (χ4n) is 1.72. The maximum Gasteiger partial charge on any atom is 0.182 e. The zero-order valence-electron chi connectivity index (χ0n) is 10.5. The van der Waals surface area contributed by atoms with Gasteiger partial charge in [-0.3, -0.25) is 0 Å². The third-order valence-corrected chi connectivity index (χ3v) is 3.96. The second-order valence-electron chi connectivity index (χ2n) is 4.19. The van der Waals surface area contributed by atoms with E-state index in [1.165, 1.54) is 12.1 Å². The van der Waals surface area contributed by atoms with Crippen molar-refractivity contribution < 1.29 is 8.78 Å². The van der Waals surface area contributed by atoms with Crippen LogP contribution in [0.1, 0.15) is 11.1 Å². The van der Waals surface area contributed by atoms with Crippen molar-refractivity contribution in [2.45, 2.75) is 6.92 Å². The Morgan fingerprint density at radius 3 is 2.50 bits per heavy atom. The fourth-order valence-corrected chi connectivity index (χ4v) is 2.25. The molecule has 0 unspecified atom stereocenters. The summed E-state index contributed by atoms with van der Waals surface area (Å²) in [5.41, 5.74) is 6.83. The van der Waals surface area contributed by atoms with Crippen LogP contribution in [-0.2, 0) is 0 Å². The summed E-state index contributed by atoms with van der Waals surface area (Å²) >= 11 is 8.05. The van der Waals surface area contributed by atoms with E-state index in [0.717, 1.165) is 10.0 Å². The van der Waals surface area contributed by atoms with Crippen molar-refractivity contribution in [2.24, 2.45) is 5.73 Å². The van der Waals surface area contributed by atoms with Gasteiger partial charge < -0.3 is 11.1 Å². The second kappa shape index (κ2) is 5.85. The minimum Gasteiger partial charge on any atom is -0.389 e. The van der Waals surface area contributed by atoms with E-state index in [2.05, 4.69) is 33.5 Å². The summed E-state index contributed by atoms with van der Waals surface area (Å²) in [7, 11) is 0. The first-order chi connectivity index (χ1) is 9.41. The SMILES string of the molecule is Cc1c(Br)cccc1Nc1ccc(C(N)=S)c(F)c1F. The number of anilines is 2. The molecule has 2 aromatic carbocycles. The highest BCUT2D eigenvalue weighted by molar-refractivity contribution is 9.10. The zero-order valence-corrected chi connectivity index (χ0v) is 12.9. The number of nitrogens with one attached hydrogen (secondary N) is 1. The average Bonchev–Trinajstić information content (AvgIpc) is 2.40. The third-order valence-electron chi connectivity index (χ3n) is 2.88. The molecule has 0 aliphatic heterocycles. The van der Waals surface area contributed by atoms with E-state index in [4.69, 9.17) is 5.73 Å². The van der Waals surface area contributed by atoms with Crippen molar-refractivity contribution in [1.82, 2.24) is 0 Å². The van der Waals surface area contributed by atoms with Gasteiger partial charge in [0.25, 0.3) is 0 Å². The molecular formula is C14H11BrF2N2S. The van der Waals surface area contributed by atoms with E-state index in [1.807, 2.05) is 13.0 Å². The van der Waals surface area contributed by atoms with Crippen molar-refractivity contribution in [3.05, 3.63) is 57.6 Å². The van der Waals surface area contributed by atoms with Crippen molar-refractivity contribution >= 4 is 44.5 Å². The number of thiocarbonyl (C=S) groups is 1. The van der Waals surface area contributed by atoms with Crippen molar-refractivity contribution in [2.75, 3.05) is 5.32 Å². The van der Waals surface area contributed by atoms with Crippen LogP contribution in [0, 0.1) is 18.6 Å². The molecule has 6 heteroatoms. The predicted octanol–water partition coefficient (Wildman–Crippen LogP) is 4.41. The van der Waals surface area contributed by atoms with Crippen LogP contribution in [-0.4, -0.2) is 4.99 Å². The Kier molecular flexibility index (Phi) is 4.35.